The smallest absolute Gasteiger partial charge is 0.417 e. The van der Waals surface area contributed by atoms with Crippen LogP contribution < -0.4 is 10.5 Å². The molecule has 0 radical (unpaired) electrons. The zero-order valence-corrected chi connectivity index (χ0v) is 16.1. The van der Waals surface area contributed by atoms with E-state index in [0.717, 1.165) is 18.4 Å². The van der Waals surface area contributed by atoms with Crippen molar-refractivity contribution in [3.63, 3.8) is 0 Å². The molecule has 9 nitrogen and oxygen atoms in total. The molecule has 4 rings (SSSR count). The minimum absolute atomic E-state index is 0.0984. The molecule has 3 aromatic rings. The molecule has 3 heterocycles. The van der Waals surface area contributed by atoms with E-state index in [0.29, 0.717) is 24.1 Å². The summed E-state index contributed by atoms with van der Waals surface area (Å²) in [5, 5.41) is 0. The molecule has 1 fully saturated rings. The highest BCUT2D eigenvalue weighted by molar-refractivity contribution is 7.89. The van der Waals surface area contributed by atoms with Crippen molar-refractivity contribution in [2.24, 2.45) is 0 Å². The van der Waals surface area contributed by atoms with Crippen LogP contribution >= 0.6 is 0 Å². The number of H-pyrrole nitrogens is 1. The maximum absolute atomic E-state index is 13.0. The molecule has 28 heavy (non-hydrogen) atoms. The highest BCUT2D eigenvalue weighted by atomic mass is 32.2. The van der Waals surface area contributed by atoms with Crippen molar-refractivity contribution in [3.8, 4) is 6.01 Å². The summed E-state index contributed by atoms with van der Waals surface area (Å²) in [6, 6.07) is 4.57. The first-order valence-corrected chi connectivity index (χ1v) is 10.5. The fourth-order valence-electron chi connectivity index (χ4n) is 3.20. The van der Waals surface area contributed by atoms with E-state index in [1.54, 1.807) is 12.4 Å². The second kappa shape index (κ2) is 7.36. The van der Waals surface area contributed by atoms with Crippen molar-refractivity contribution in [1.29, 1.82) is 0 Å². The molecule has 1 saturated heterocycles. The van der Waals surface area contributed by atoms with Gasteiger partial charge in [-0.3, -0.25) is 4.98 Å². The molecule has 1 unspecified atom stereocenters. The Morgan fingerprint density at radius 2 is 2.11 bits per heavy atom. The third-order valence-electron chi connectivity index (χ3n) is 4.73. The average Bonchev–Trinajstić information content (AvgIpc) is 3.08. The first kappa shape index (κ1) is 18.6. The Kier molecular flexibility index (Phi) is 4.90. The summed E-state index contributed by atoms with van der Waals surface area (Å²) in [6.07, 6.45) is 5.32. The molecule has 1 aliphatic rings. The fraction of sp³-hybridized carbons (Fsp3) is 0.389. The minimum Gasteiger partial charge on any atom is -0.459 e. The third kappa shape index (κ3) is 3.65. The third-order valence-corrected chi connectivity index (χ3v) is 6.59. The van der Waals surface area contributed by atoms with E-state index in [-0.39, 0.29) is 23.6 Å². The van der Waals surface area contributed by atoms with Crippen molar-refractivity contribution < 1.29 is 17.6 Å². The number of benzene rings is 1. The van der Waals surface area contributed by atoms with Gasteiger partial charge in [-0.15, -0.1) is 0 Å². The van der Waals surface area contributed by atoms with Crippen molar-refractivity contribution >= 4 is 21.1 Å². The van der Waals surface area contributed by atoms with Gasteiger partial charge in [0, 0.05) is 18.9 Å². The number of hydrogen-bond acceptors (Lipinski definition) is 7. The standard InChI is InChI=1S/C18H20N4O5S/c1-2-12-9-19-17(20-10-12)26-13-4-3-7-22(11-13)28(24,25)14-5-6-16-15(8-14)21-18(23)27-16/h5-6,8-10,13H,2-4,7,11H2,1H3,(H,21,23). The van der Waals surface area contributed by atoms with E-state index in [2.05, 4.69) is 15.0 Å². The molecule has 1 N–H and O–H groups in total. The highest BCUT2D eigenvalue weighted by Gasteiger charge is 2.32. The Labute approximate surface area is 161 Å². The van der Waals surface area contributed by atoms with E-state index in [1.165, 1.54) is 22.5 Å². The van der Waals surface area contributed by atoms with Gasteiger partial charge < -0.3 is 9.15 Å². The Bertz CT molecular complexity index is 1140. The molecule has 1 atom stereocenters. The van der Waals surface area contributed by atoms with Crippen LogP contribution in [0.2, 0.25) is 0 Å². The zero-order valence-electron chi connectivity index (χ0n) is 15.3. The van der Waals surface area contributed by atoms with Crippen LogP contribution in [0.4, 0.5) is 0 Å². The van der Waals surface area contributed by atoms with Gasteiger partial charge in [0.2, 0.25) is 10.0 Å². The van der Waals surface area contributed by atoms with E-state index < -0.39 is 15.8 Å². The summed E-state index contributed by atoms with van der Waals surface area (Å²) in [7, 11) is -3.73. The SMILES string of the molecule is CCc1cnc(OC2CCCN(S(=O)(=O)c3ccc4oc(=O)[nH]c4c3)C2)nc1. The quantitative estimate of drug-likeness (QED) is 0.687. The summed E-state index contributed by atoms with van der Waals surface area (Å²) >= 11 is 0. The number of sulfonamides is 1. The van der Waals surface area contributed by atoms with Gasteiger partial charge in [-0.25, -0.2) is 23.2 Å². The van der Waals surface area contributed by atoms with Crippen molar-refractivity contribution in [1.82, 2.24) is 19.3 Å². The highest BCUT2D eigenvalue weighted by Crippen LogP contribution is 2.24. The Hall–Kier alpha value is -2.72. The molecule has 1 aliphatic heterocycles. The molecule has 0 spiro atoms. The molecule has 0 saturated carbocycles. The molecule has 0 amide bonds. The number of ether oxygens (including phenoxy) is 1. The molecular formula is C18H20N4O5S. The van der Waals surface area contributed by atoms with Gasteiger partial charge >= 0.3 is 11.8 Å². The van der Waals surface area contributed by atoms with Gasteiger partial charge in [-0.2, -0.15) is 4.31 Å². The number of aromatic amines is 1. The first-order chi connectivity index (χ1) is 13.5. The molecule has 148 valence electrons. The average molecular weight is 404 g/mol. The number of fused-ring (bicyclic) bond motifs is 1. The molecule has 0 bridgehead atoms. The summed E-state index contributed by atoms with van der Waals surface area (Å²) in [4.78, 5) is 22.2. The van der Waals surface area contributed by atoms with E-state index >= 15 is 0 Å². The normalized spacial score (nSPS) is 18.4. The maximum Gasteiger partial charge on any atom is 0.417 e. The van der Waals surface area contributed by atoms with Crippen molar-refractivity contribution in [2.75, 3.05) is 13.1 Å². The van der Waals surface area contributed by atoms with Crippen LogP contribution in [0.1, 0.15) is 25.3 Å². The number of piperidine rings is 1. The van der Waals surface area contributed by atoms with E-state index in [9.17, 15) is 13.2 Å². The molecule has 2 aromatic heterocycles. The second-order valence-corrected chi connectivity index (χ2v) is 8.58. The Morgan fingerprint density at radius 1 is 1.32 bits per heavy atom. The summed E-state index contributed by atoms with van der Waals surface area (Å²) in [5.41, 5.74) is 1.67. The number of oxazole rings is 1. The van der Waals surface area contributed by atoms with Crippen molar-refractivity contribution in [2.45, 2.75) is 37.2 Å². The molecule has 0 aliphatic carbocycles. The lowest BCUT2D eigenvalue weighted by molar-refractivity contribution is 0.119. The van der Waals surface area contributed by atoms with E-state index in [4.69, 9.17) is 9.15 Å². The van der Waals surface area contributed by atoms with Gasteiger partial charge in [0.05, 0.1) is 17.0 Å². The van der Waals surface area contributed by atoms with Crippen LogP contribution in [0.15, 0.2) is 44.7 Å². The lowest BCUT2D eigenvalue weighted by Crippen LogP contribution is -2.44. The summed E-state index contributed by atoms with van der Waals surface area (Å²) in [5.74, 6) is -0.620. The van der Waals surface area contributed by atoms with Gasteiger partial charge in [0.15, 0.2) is 5.58 Å². The minimum atomic E-state index is -3.73. The monoisotopic (exact) mass is 404 g/mol. The van der Waals surface area contributed by atoms with Gasteiger partial charge in [0.1, 0.15) is 6.10 Å². The number of rotatable bonds is 5. The van der Waals surface area contributed by atoms with Gasteiger partial charge in [-0.1, -0.05) is 6.92 Å². The largest absolute Gasteiger partial charge is 0.459 e. The lowest BCUT2D eigenvalue weighted by atomic mass is 10.1. The van der Waals surface area contributed by atoms with Crippen LogP contribution in [0.25, 0.3) is 11.1 Å². The fourth-order valence-corrected chi connectivity index (χ4v) is 4.73. The molecule has 1 aromatic carbocycles. The van der Waals surface area contributed by atoms with E-state index in [1.807, 2.05) is 6.92 Å². The number of aryl methyl sites for hydroxylation is 1. The van der Waals surface area contributed by atoms with Gasteiger partial charge in [-0.05, 0) is 43.0 Å². The number of hydrogen-bond donors (Lipinski definition) is 1. The van der Waals surface area contributed by atoms with Crippen LogP contribution in [0.5, 0.6) is 6.01 Å². The van der Waals surface area contributed by atoms with Crippen LogP contribution in [-0.4, -0.2) is 46.9 Å². The zero-order chi connectivity index (χ0) is 19.7. The van der Waals surface area contributed by atoms with Crippen LogP contribution in [0, 0.1) is 0 Å². The number of nitrogens with zero attached hydrogens (tertiary/aromatic N) is 3. The summed E-state index contributed by atoms with van der Waals surface area (Å²) in [6.45, 7) is 2.62. The predicted octanol–water partition coefficient (Wildman–Crippen LogP) is 1.71. The predicted molar refractivity (Wildman–Crippen MR) is 101 cm³/mol. The van der Waals surface area contributed by atoms with Crippen LogP contribution in [-0.2, 0) is 16.4 Å². The second-order valence-electron chi connectivity index (χ2n) is 6.65. The maximum atomic E-state index is 13.0. The first-order valence-electron chi connectivity index (χ1n) is 9.06. The van der Waals surface area contributed by atoms with Crippen LogP contribution in [0.3, 0.4) is 0 Å². The molecule has 10 heteroatoms. The Balaban J connectivity index is 1.52. The summed E-state index contributed by atoms with van der Waals surface area (Å²) < 4.78 is 38.2. The number of nitrogens with one attached hydrogen (secondary N) is 1. The van der Waals surface area contributed by atoms with Gasteiger partial charge in [0.25, 0.3) is 0 Å². The molecular weight excluding hydrogens is 384 g/mol. The topological polar surface area (TPSA) is 118 Å². The number of aromatic nitrogens is 3. The Morgan fingerprint density at radius 3 is 2.86 bits per heavy atom. The lowest BCUT2D eigenvalue weighted by Gasteiger charge is -2.31. The van der Waals surface area contributed by atoms with Crippen molar-refractivity contribution in [3.05, 3.63) is 46.7 Å².